The molecule has 1 amide bonds. The van der Waals surface area contributed by atoms with E-state index >= 15 is 0 Å². The maximum atomic E-state index is 13.2. The van der Waals surface area contributed by atoms with E-state index in [-0.39, 0.29) is 4.47 Å². The molecule has 6 heteroatoms. The predicted molar refractivity (Wildman–Crippen MR) is 58.0 cm³/mol. The molecule has 1 atom stereocenters. The minimum absolute atomic E-state index is 0.259. The van der Waals surface area contributed by atoms with Crippen LogP contribution in [0.15, 0.2) is 16.6 Å². The van der Waals surface area contributed by atoms with E-state index in [1.165, 1.54) is 6.92 Å². The van der Waals surface area contributed by atoms with Crippen LogP contribution in [0.3, 0.4) is 0 Å². The van der Waals surface area contributed by atoms with E-state index in [1.807, 2.05) is 0 Å². The van der Waals surface area contributed by atoms with Crippen molar-refractivity contribution in [3.8, 4) is 0 Å². The summed E-state index contributed by atoms with van der Waals surface area (Å²) in [6.45, 7) is 1.41. The highest BCUT2D eigenvalue weighted by Crippen LogP contribution is 2.24. The average molecular weight is 299 g/mol. The Morgan fingerprint density at radius 1 is 1.47 bits per heavy atom. The molecule has 0 bridgehead atoms. The molecular formula is C9H7BrClF2NO. The van der Waals surface area contributed by atoms with Crippen LogP contribution in [0, 0.1) is 11.6 Å². The van der Waals surface area contributed by atoms with Crippen molar-refractivity contribution in [1.82, 2.24) is 0 Å². The van der Waals surface area contributed by atoms with Crippen molar-refractivity contribution >= 4 is 39.1 Å². The zero-order chi connectivity index (χ0) is 11.6. The minimum atomic E-state index is -0.854. The topological polar surface area (TPSA) is 29.1 Å². The van der Waals surface area contributed by atoms with Gasteiger partial charge in [0.1, 0.15) is 11.1 Å². The van der Waals surface area contributed by atoms with Crippen LogP contribution in [0.1, 0.15) is 6.92 Å². The van der Waals surface area contributed by atoms with Gasteiger partial charge in [0.05, 0.1) is 0 Å². The van der Waals surface area contributed by atoms with Crippen LogP contribution < -0.4 is 5.32 Å². The highest BCUT2D eigenvalue weighted by atomic mass is 79.9. The van der Waals surface area contributed by atoms with Crippen molar-refractivity contribution in [3.05, 3.63) is 28.2 Å². The van der Waals surface area contributed by atoms with Crippen LogP contribution in [0.2, 0.25) is 0 Å². The molecule has 1 aromatic rings. The number of halogens is 4. The number of rotatable bonds is 2. The lowest BCUT2D eigenvalue weighted by Gasteiger charge is -2.08. The van der Waals surface area contributed by atoms with Crippen LogP contribution in [0.5, 0.6) is 0 Å². The predicted octanol–water partition coefficient (Wildman–Crippen LogP) is 3.29. The smallest absolute Gasteiger partial charge is 0.242 e. The number of alkyl halides is 1. The van der Waals surface area contributed by atoms with Crippen LogP contribution >= 0.6 is 27.5 Å². The molecule has 0 fully saturated rings. The van der Waals surface area contributed by atoms with E-state index in [2.05, 4.69) is 21.2 Å². The summed E-state index contributed by atoms with van der Waals surface area (Å²) in [6, 6.07) is 2.11. The van der Waals surface area contributed by atoms with Crippen LogP contribution in [-0.2, 0) is 4.79 Å². The molecule has 1 aromatic carbocycles. The first-order valence-corrected chi connectivity index (χ1v) is 5.24. The summed E-state index contributed by atoms with van der Waals surface area (Å²) < 4.78 is 26.7. The Morgan fingerprint density at radius 2 is 1.93 bits per heavy atom. The van der Waals surface area contributed by atoms with Gasteiger partial charge in [-0.05, 0) is 19.1 Å². The standard InChI is InChI=1S/C9H7BrClF2NO/c1-4(11)9(15)14-8-6(12)2-5(10)3-7(8)13/h2-4H,1H3,(H,14,15). The largest absolute Gasteiger partial charge is 0.320 e. The first kappa shape index (κ1) is 12.4. The van der Waals surface area contributed by atoms with Gasteiger partial charge in [-0.15, -0.1) is 11.6 Å². The molecule has 1 unspecified atom stereocenters. The highest BCUT2D eigenvalue weighted by molar-refractivity contribution is 9.10. The molecule has 82 valence electrons. The summed E-state index contributed by atoms with van der Waals surface area (Å²) in [5.41, 5.74) is -0.490. The summed E-state index contributed by atoms with van der Waals surface area (Å²) in [6.07, 6.45) is 0. The van der Waals surface area contributed by atoms with Crippen molar-refractivity contribution in [1.29, 1.82) is 0 Å². The zero-order valence-electron chi connectivity index (χ0n) is 7.65. The number of hydrogen-bond acceptors (Lipinski definition) is 1. The van der Waals surface area contributed by atoms with E-state index in [0.29, 0.717) is 0 Å². The van der Waals surface area contributed by atoms with Crippen LogP contribution in [-0.4, -0.2) is 11.3 Å². The second kappa shape index (κ2) is 4.90. The molecule has 0 aliphatic rings. The number of benzene rings is 1. The molecule has 0 radical (unpaired) electrons. The summed E-state index contributed by atoms with van der Waals surface area (Å²) in [7, 11) is 0. The molecule has 0 heterocycles. The summed E-state index contributed by atoms with van der Waals surface area (Å²) in [4.78, 5) is 11.1. The van der Waals surface area contributed by atoms with Gasteiger partial charge in [-0.3, -0.25) is 4.79 Å². The van der Waals surface area contributed by atoms with Gasteiger partial charge in [-0.25, -0.2) is 8.78 Å². The van der Waals surface area contributed by atoms with Gasteiger partial charge in [-0.1, -0.05) is 15.9 Å². The van der Waals surface area contributed by atoms with Crippen LogP contribution in [0.25, 0.3) is 0 Å². The molecule has 2 nitrogen and oxygen atoms in total. The molecular weight excluding hydrogens is 291 g/mol. The second-order valence-corrected chi connectivity index (χ2v) is 4.42. The zero-order valence-corrected chi connectivity index (χ0v) is 9.99. The Bertz CT molecular complexity index is 375. The molecule has 0 saturated carbocycles. The first-order valence-electron chi connectivity index (χ1n) is 4.01. The van der Waals surface area contributed by atoms with Crippen molar-refractivity contribution in [2.45, 2.75) is 12.3 Å². The fraction of sp³-hybridized carbons (Fsp3) is 0.222. The molecule has 1 rings (SSSR count). The van der Waals surface area contributed by atoms with Gasteiger partial charge in [0.2, 0.25) is 5.91 Å². The van der Waals surface area contributed by atoms with Gasteiger partial charge in [-0.2, -0.15) is 0 Å². The van der Waals surface area contributed by atoms with Crippen molar-refractivity contribution < 1.29 is 13.6 Å². The van der Waals surface area contributed by atoms with Crippen molar-refractivity contribution in [2.24, 2.45) is 0 Å². The van der Waals surface area contributed by atoms with Gasteiger partial charge in [0.25, 0.3) is 0 Å². The van der Waals surface area contributed by atoms with Gasteiger partial charge < -0.3 is 5.32 Å². The quantitative estimate of drug-likeness (QED) is 0.834. The summed E-state index contributed by atoms with van der Waals surface area (Å²) >= 11 is 8.37. The lowest BCUT2D eigenvalue weighted by molar-refractivity contribution is -0.115. The molecule has 0 aromatic heterocycles. The molecule has 0 aliphatic heterocycles. The third kappa shape index (κ3) is 3.14. The van der Waals surface area contributed by atoms with E-state index in [9.17, 15) is 13.6 Å². The Kier molecular flexibility index (Phi) is 4.04. The van der Waals surface area contributed by atoms with Gasteiger partial charge in [0.15, 0.2) is 11.6 Å². The monoisotopic (exact) mass is 297 g/mol. The Morgan fingerprint density at radius 3 is 2.33 bits per heavy atom. The van der Waals surface area contributed by atoms with E-state index < -0.39 is 28.6 Å². The first-order chi connectivity index (χ1) is 6.91. The van der Waals surface area contributed by atoms with Gasteiger partial charge in [0, 0.05) is 4.47 Å². The Labute approximate surface area is 98.7 Å². The second-order valence-electron chi connectivity index (χ2n) is 2.85. The number of carbonyl (C=O) groups is 1. The lowest BCUT2D eigenvalue weighted by atomic mass is 10.3. The third-order valence-corrected chi connectivity index (χ3v) is 2.27. The number of hydrogen-bond donors (Lipinski definition) is 1. The number of anilines is 1. The molecule has 1 N–H and O–H groups in total. The molecule has 0 spiro atoms. The lowest BCUT2D eigenvalue weighted by Crippen LogP contribution is -2.21. The maximum absolute atomic E-state index is 13.2. The van der Waals surface area contributed by atoms with E-state index in [1.54, 1.807) is 0 Å². The normalized spacial score (nSPS) is 12.3. The fourth-order valence-electron chi connectivity index (χ4n) is 0.884. The summed E-state index contributed by atoms with van der Waals surface area (Å²) in [5.74, 6) is -2.36. The van der Waals surface area contributed by atoms with Gasteiger partial charge >= 0.3 is 0 Å². The van der Waals surface area contributed by atoms with Crippen molar-refractivity contribution in [3.63, 3.8) is 0 Å². The number of amides is 1. The Hall–Kier alpha value is -0.680. The maximum Gasteiger partial charge on any atom is 0.242 e. The minimum Gasteiger partial charge on any atom is -0.320 e. The average Bonchev–Trinajstić information content (AvgIpc) is 2.10. The highest BCUT2D eigenvalue weighted by Gasteiger charge is 2.16. The fourth-order valence-corrected chi connectivity index (χ4v) is 1.34. The van der Waals surface area contributed by atoms with E-state index in [0.717, 1.165) is 12.1 Å². The molecule has 0 saturated heterocycles. The third-order valence-electron chi connectivity index (χ3n) is 1.62. The number of carbonyl (C=O) groups excluding carboxylic acids is 1. The molecule has 0 aliphatic carbocycles. The summed E-state index contributed by atoms with van der Waals surface area (Å²) in [5, 5.41) is 1.21. The molecule has 15 heavy (non-hydrogen) atoms. The van der Waals surface area contributed by atoms with Crippen molar-refractivity contribution in [2.75, 3.05) is 5.32 Å². The SMILES string of the molecule is CC(Cl)C(=O)Nc1c(F)cc(Br)cc1F. The Balaban J connectivity index is 3.00. The van der Waals surface area contributed by atoms with E-state index in [4.69, 9.17) is 11.6 Å². The number of nitrogens with one attached hydrogen (secondary N) is 1. The van der Waals surface area contributed by atoms with Crippen LogP contribution in [0.4, 0.5) is 14.5 Å².